The molecule has 0 fully saturated rings. The Hall–Kier alpha value is -3.58. The number of halogens is 3. The molecule has 2 N–H and O–H groups in total. The largest absolute Gasteiger partial charge is 0.457 e. The second kappa shape index (κ2) is 12.1. The summed E-state index contributed by atoms with van der Waals surface area (Å²) in [7, 11) is 0. The zero-order valence-electron chi connectivity index (χ0n) is 22.0. The quantitative estimate of drug-likeness (QED) is 0.203. The number of aromatic nitrogens is 1. The molecule has 0 spiro atoms. The first-order valence-corrected chi connectivity index (χ1v) is 13.7. The Morgan fingerprint density at radius 2 is 1.69 bits per heavy atom. The molecule has 0 saturated carbocycles. The molecular weight excluding hydrogens is 501 g/mol. The second-order valence-electron chi connectivity index (χ2n) is 10.3. The van der Waals surface area contributed by atoms with Gasteiger partial charge in [-0.15, -0.1) is 0 Å². The average molecular weight is 535 g/mol. The van der Waals surface area contributed by atoms with Gasteiger partial charge >= 0.3 is 5.97 Å². The molecule has 204 valence electrons. The number of ether oxygens (including phenoxy) is 1. The summed E-state index contributed by atoms with van der Waals surface area (Å²) in [6, 6.07) is 15.8. The maximum Gasteiger partial charge on any atom is 0.306 e. The normalized spacial score (nSPS) is 15.7. The third kappa shape index (κ3) is 6.19. The summed E-state index contributed by atoms with van der Waals surface area (Å²) < 4.78 is 47.6. The minimum atomic E-state index is -0.422. The van der Waals surface area contributed by atoms with Gasteiger partial charge in [0.05, 0.1) is 5.52 Å². The van der Waals surface area contributed by atoms with Crippen LogP contribution in [0.2, 0.25) is 0 Å². The number of unbranched alkanes of at least 4 members (excludes halogenated alkanes) is 1. The van der Waals surface area contributed by atoms with Crippen molar-refractivity contribution in [2.45, 2.75) is 70.6 Å². The van der Waals surface area contributed by atoms with E-state index in [-0.39, 0.29) is 29.5 Å². The second-order valence-corrected chi connectivity index (χ2v) is 10.3. The van der Waals surface area contributed by atoms with Crippen LogP contribution >= 0.6 is 0 Å². The van der Waals surface area contributed by atoms with E-state index >= 15 is 0 Å². The number of carbonyl (C=O) groups is 1. The van der Waals surface area contributed by atoms with Gasteiger partial charge in [-0.3, -0.25) is 4.79 Å². The number of aromatic amines is 1. The Labute approximate surface area is 226 Å². The van der Waals surface area contributed by atoms with E-state index in [1.54, 1.807) is 30.3 Å². The highest BCUT2D eigenvalue weighted by molar-refractivity contribution is 5.99. The molecule has 0 bridgehead atoms. The van der Waals surface area contributed by atoms with Gasteiger partial charge in [-0.05, 0) is 78.3 Å². The molecule has 5 rings (SSSR count). The van der Waals surface area contributed by atoms with Crippen LogP contribution in [0.5, 0.6) is 0 Å². The predicted molar refractivity (Wildman–Crippen MR) is 147 cm³/mol. The molecular formula is C32H33F3N2O2. The van der Waals surface area contributed by atoms with Crippen molar-refractivity contribution in [1.82, 2.24) is 10.3 Å². The first-order valence-electron chi connectivity index (χ1n) is 13.7. The van der Waals surface area contributed by atoms with Gasteiger partial charge in [0.2, 0.25) is 0 Å². The van der Waals surface area contributed by atoms with E-state index in [9.17, 15) is 18.0 Å². The fraction of sp³-hybridized carbons (Fsp3) is 0.344. The lowest BCUT2D eigenvalue weighted by Crippen LogP contribution is -2.35. The summed E-state index contributed by atoms with van der Waals surface area (Å²) >= 11 is 0. The van der Waals surface area contributed by atoms with E-state index in [0.29, 0.717) is 31.3 Å². The lowest BCUT2D eigenvalue weighted by molar-refractivity contribution is -0.150. The Bertz CT molecular complexity index is 1430. The molecule has 0 amide bonds. The van der Waals surface area contributed by atoms with Gasteiger partial charge in [0.25, 0.3) is 0 Å². The lowest BCUT2D eigenvalue weighted by atomic mass is 9.93. The van der Waals surface area contributed by atoms with Gasteiger partial charge < -0.3 is 15.0 Å². The van der Waals surface area contributed by atoms with E-state index < -0.39 is 6.10 Å². The van der Waals surface area contributed by atoms with Crippen LogP contribution in [-0.4, -0.2) is 17.0 Å². The summed E-state index contributed by atoms with van der Waals surface area (Å²) in [6.07, 6.45) is 4.62. The van der Waals surface area contributed by atoms with Gasteiger partial charge in [-0.2, -0.15) is 0 Å². The van der Waals surface area contributed by atoms with Crippen LogP contribution in [0.25, 0.3) is 22.0 Å². The van der Waals surface area contributed by atoms with Gasteiger partial charge in [-0.25, -0.2) is 13.2 Å². The minimum absolute atomic E-state index is 0.174. The number of esters is 1. The van der Waals surface area contributed by atoms with Crippen molar-refractivity contribution in [1.29, 1.82) is 0 Å². The maximum atomic E-state index is 14.8. The van der Waals surface area contributed by atoms with E-state index in [0.717, 1.165) is 59.0 Å². The van der Waals surface area contributed by atoms with Crippen molar-refractivity contribution in [2.24, 2.45) is 0 Å². The van der Waals surface area contributed by atoms with E-state index in [1.165, 1.54) is 30.3 Å². The number of nitrogens with one attached hydrogen (secondary N) is 2. The van der Waals surface area contributed by atoms with Crippen molar-refractivity contribution in [3.63, 3.8) is 0 Å². The van der Waals surface area contributed by atoms with Crippen LogP contribution in [0.3, 0.4) is 0 Å². The van der Waals surface area contributed by atoms with Crippen LogP contribution < -0.4 is 5.32 Å². The molecule has 1 aliphatic heterocycles. The highest BCUT2D eigenvalue weighted by Gasteiger charge is 2.25. The summed E-state index contributed by atoms with van der Waals surface area (Å²) in [4.78, 5) is 15.7. The first kappa shape index (κ1) is 27.0. The molecule has 39 heavy (non-hydrogen) atoms. The van der Waals surface area contributed by atoms with E-state index in [1.807, 2.05) is 6.92 Å². The third-order valence-corrected chi connectivity index (χ3v) is 7.54. The van der Waals surface area contributed by atoms with Gasteiger partial charge in [0, 0.05) is 36.5 Å². The average Bonchev–Trinajstić information content (AvgIpc) is 3.32. The van der Waals surface area contributed by atoms with Crippen LogP contribution in [0.1, 0.15) is 68.4 Å². The van der Waals surface area contributed by atoms with Crippen molar-refractivity contribution in [3.05, 3.63) is 94.9 Å². The summed E-state index contributed by atoms with van der Waals surface area (Å²) in [6.45, 7) is 2.61. The molecule has 0 radical (unpaired) electrons. The molecule has 2 atom stereocenters. The molecule has 2 heterocycles. The maximum absolute atomic E-state index is 14.8. The van der Waals surface area contributed by atoms with Crippen molar-refractivity contribution < 1.29 is 22.7 Å². The molecule has 1 aliphatic rings. The zero-order valence-corrected chi connectivity index (χ0v) is 22.0. The SMILES string of the molecule is CCCCC(=O)OC(CCCC1Cc2[nH]c3c(F)ccc(-c4ccc(F)cc4)c3c2CN1)c1ccc(F)cc1. The standard InChI is InChI=1S/C32H33F3N2O2/c1-2-3-7-30(38)39-29(21-10-14-23(34)15-11-21)6-4-5-24-18-28-26(19-36-24)31-25(16-17-27(35)32(31)37-28)20-8-12-22(33)13-9-20/h8-17,24,29,36-37H,2-7,18-19H2,1H3. The number of fused-ring (bicyclic) bond motifs is 3. The lowest BCUT2D eigenvalue weighted by Gasteiger charge is -2.25. The van der Waals surface area contributed by atoms with Gasteiger partial charge in [0.15, 0.2) is 0 Å². The zero-order chi connectivity index (χ0) is 27.4. The molecule has 7 heteroatoms. The highest BCUT2D eigenvalue weighted by atomic mass is 19.1. The minimum Gasteiger partial charge on any atom is -0.457 e. The topological polar surface area (TPSA) is 54.1 Å². The predicted octanol–water partition coefficient (Wildman–Crippen LogP) is 7.91. The van der Waals surface area contributed by atoms with Gasteiger partial charge in [-0.1, -0.05) is 43.7 Å². The van der Waals surface area contributed by atoms with Crippen LogP contribution in [0.15, 0.2) is 60.7 Å². The molecule has 1 aromatic heterocycles. The van der Waals surface area contributed by atoms with Crippen molar-refractivity contribution >= 4 is 16.9 Å². The number of benzene rings is 3. The third-order valence-electron chi connectivity index (χ3n) is 7.54. The number of carbonyl (C=O) groups excluding carboxylic acids is 1. The van der Waals surface area contributed by atoms with E-state index in [2.05, 4.69) is 10.3 Å². The Kier molecular flexibility index (Phi) is 8.36. The van der Waals surface area contributed by atoms with Gasteiger partial charge in [0.1, 0.15) is 23.6 Å². The van der Waals surface area contributed by atoms with Crippen LogP contribution in [0.4, 0.5) is 13.2 Å². The Morgan fingerprint density at radius 1 is 0.974 bits per heavy atom. The van der Waals surface area contributed by atoms with Crippen LogP contribution in [-0.2, 0) is 22.5 Å². The smallest absolute Gasteiger partial charge is 0.306 e. The molecule has 4 aromatic rings. The first-order chi connectivity index (χ1) is 18.9. The number of hydrogen-bond donors (Lipinski definition) is 2. The number of hydrogen-bond acceptors (Lipinski definition) is 3. The Balaban J connectivity index is 1.28. The fourth-order valence-electron chi connectivity index (χ4n) is 5.46. The monoisotopic (exact) mass is 534 g/mol. The van der Waals surface area contributed by atoms with Crippen molar-refractivity contribution in [3.8, 4) is 11.1 Å². The van der Waals surface area contributed by atoms with Crippen LogP contribution in [0, 0.1) is 17.5 Å². The number of rotatable bonds is 10. The highest BCUT2D eigenvalue weighted by Crippen LogP contribution is 2.37. The fourth-order valence-corrected chi connectivity index (χ4v) is 5.46. The summed E-state index contributed by atoms with van der Waals surface area (Å²) in [5, 5.41) is 4.42. The molecule has 3 aromatic carbocycles. The molecule has 0 saturated heterocycles. The molecule has 2 unspecified atom stereocenters. The summed E-state index contributed by atoms with van der Waals surface area (Å²) in [5.74, 6) is -1.18. The van der Waals surface area contributed by atoms with E-state index in [4.69, 9.17) is 4.74 Å². The molecule has 0 aliphatic carbocycles. The Morgan fingerprint density at radius 3 is 2.41 bits per heavy atom. The summed E-state index contributed by atoms with van der Waals surface area (Å²) in [5.41, 5.74) is 5.01. The number of H-pyrrole nitrogens is 1. The van der Waals surface area contributed by atoms with Crippen molar-refractivity contribution in [2.75, 3.05) is 0 Å². The molecule has 4 nitrogen and oxygen atoms in total.